The summed E-state index contributed by atoms with van der Waals surface area (Å²) in [6.45, 7) is 8.42. The molecule has 0 radical (unpaired) electrons. The lowest BCUT2D eigenvalue weighted by atomic mass is 10.1. The molecule has 2 fully saturated rings. The Morgan fingerprint density at radius 3 is 2.27 bits per heavy atom. The van der Waals surface area contributed by atoms with Crippen LogP contribution < -0.4 is 0 Å². The topological polar surface area (TPSA) is 73.8 Å². The van der Waals surface area contributed by atoms with E-state index < -0.39 is 0 Å². The second-order valence-corrected chi connectivity index (χ2v) is 7.91. The number of amides is 3. The van der Waals surface area contributed by atoms with Gasteiger partial charge in [0.2, 0.25) is 11.8 Å². The third-order valence-electron chi connectivity index (χ3n) is 5.05. The van der Waals surface area contributed by atoms with Crippen LogP contribution in [0.2, 0.25) is 0 Å². The Balaban J connectivity index is 1.56. The van der Waals surface area contributed by atoms with E-state index in [0.29, 0.717) is 38.4 Å². The van der Waals surface area contributed by atoms with Crippen LogP contribution in [0.3, 0.4) is 0 Å². The molecule has 0 N–H and O–H groups in total. The largest absolute Gasteiger partial charge is 0.339 e. The van der Waals surface area contributed by atoms with E-state index in [9.17, 15) is 14.4 Å². The third-order valence-corrected chi connectivity index (χ3v) is 5.05. The lowest BCUT2D eigenvalue weighted by molar-refractivity contribution is -0.137. The molecule has 3 amide bonds. The number of pyridine rings is 1. The van der Waals surface area contributed by atoms with E-state index in [-0.39, 0.29) is 35.6 Å². The van der Waals surface area contributed by atoms with Gasteiger partial charge in [0.1, 0.15) is 5.69 Å². The Morgan fingerprint density at radius 1 is 1.08 bits per heavy atom. The van der Waals surface area contributed by atoms with Crippen LogP contribution in [0.25, 0.3) is 0 Å². The first-order valence-corrected chi connectivity index (χ1v) is 9.07. The summed E-state index contributed by atoms with van der Waals surface area (Å²) in [5.74, 6) is -0.317. The van der Waals surface area contributed by atoms with Crippen molar-refractivity contribution >= 4 is 17.7 Å². The number of aromatic nitrogens is 1. The SMILES string of the molecule is CC(C)(C)N1CC(C(=O)N2CCN(C(=O)c3ccccn3)CC2)CC1=O. The van der Waals surface area contributed by atoms with Crippen LogP contribution >= 0.6 is 0 Å². The molecule has 0 spiro atoms. The van der Waals surface area contributed by atoms with Crippen LogP contribution in [0.15, 0.2) is 24.4 Å². The van der Waals surface area contributed by atoms with Gasteiger partial charge in [0.25, 0.3) is 5.91 Å². The molecule has 1 aromatic rings. The molecular weight excluding hydrogens is 332 g/mol. The zero-order chi connectivity index (χ0) is 18.9. The van der Waals surface area contributed by atoms with Crippen molar-refractivity contribution in [3.63, 3.8) is 0 Å². The van der Waals surface area contributed by atoms with Crippen molar-refractivity contribution in [1.29, 1.82) is 0 Å². The smallest absolute Gasteiger partial charge is 0.272 e. The maximum absolute atomic E-state index is 12.8. The predicted octanol–water partition coefficient (Wildman–Crippen LogP) is 1.01. The first-order chi connectivity index (χ1) is 12.3. The van der Waals surface area contributed by atoms with Crippen LogP contribution in [0.5, 0.6) is 0 Å². The van der Waals surface area contributed by atoms with Crippen LogP contribution in [0, 0.1) is 5.92 Å². The number of likely N-dealkylation sites (tertiary alicyclic amines) is 1. The third kappa shape index (κ3) is 3.71. The number of rotatable bonds is 2. The summed E-state index contributed by atoms with van der Waals surface area (Å²) in [6, 6.07) is 5.26. The molecule has 3 heterocycles. The fourth-order valence-electron chi connectivity index (χ4n) is 3.56. The molecule has 7 heteroatoms. The predicted molar refractivity (Wildman–Crippen MR) is 96.3 cm³/mol. The number of carbonyl (C=O) groups is 3. The molecule has 0 bridgehead atoms. The van der Waals surface area contributed by atoms with Gasteiger partial charge in [0, 0.05) is 50.9 Å². The minimum atomic E-state index is -0.278. The molecule has 2 saturated heterocycles. The van der Waals surface area contributed by atoms with Crippen molar-refractivity contribution in [3.8, 4) is 0 Å². The van der Waals surface area contributed by atoms with Crippen molar-refractivity contribution in [2.24, 2.45) is 5.92 Å². The minimum absolute atomic E-state index is 0.0232. The van der Waals surface area contributed by atoms with Gasteiger partial charge in [-0.1, -0.05) is 6.07 Å². The Labute approximate surface area is 154 Å². The molecular formula is C19H26N4O3. The van der Waals surface area contributed by atoms with Crippen LogP contribution in [0.1, 0.15) is 37.7 Å². The van der Waals surface area contributed by atoms with Crippen molar-refractivity contribution in [2.75, 3.05) is 32.7 Å². The highest BCUT2D eigenvalue weighted by molar-refractivity contribution is 5.93. The number of hydrogen-bond donors (Lipinski definition) is 0. The van der Waals surface area contributed by atoms with Crippen LogP contribution in [-0.4, -0.2) is 75.7 Å². The summed E-state index contributed by atoms with van der Waals surface area (Å²) in [5.41, 5.74) is 0.161. The summed E-state index contributed by atoms with van der Waals surface area (Å²) in [4.78, 5) is 46.8. The van der Waals surface area contributed by atoms with Gasteiger partial charge in [-0.15, -0.1) is 0 Å². The lowest BCUT2D eigenvalue weighted by Crippen LogP contribution is -2.52. The summed E-state index contributed by atoms with van der Waals surface area (Å²) in [7, 11) is 0. The molecule has 0 aliphatic carbocycles. The van der Waals surface area contributed by atoms with E-state index in [1.807, 2.05) is 20.8 Å². The molecule has 1 aromatic heterocycles. The van der Waals surface area contributed by atoms with E-state index >= 15 is 0 Å². The lowest BCUT2D eigenvalue weighted by Gasteiger charge is -2.36. The Bertz CT molecular complexity index is 690. The van der Waals surface area contributed by atoms with Gasteiger partial charge in [0.05, 0.1) is 5.92 Å². The molecule has 0 saturated carbocycles. The van der Waals surface area contributed by atoms with Gasteiger partial charge >= 0.3 is 0 Å². The second-order valence-electron chi connectivity index (χ2n) is 7.91. The molecule has 1 atom stereocenters. The highest BCUT2D eigenvalue weighted by atomic mass is 16.2. The number of carbonyl (C=O) groups excluding carboxylic acids is 3. The Kier molecular flexibility index (Phi) is 4.98. The van der Waals surface area contributed by atoms with Gasteiger partial charge < -0.3 is 14.7 Å². The summed E-state index contributed by atoms with van der Waals surface area (Å²) >= 11 is 0. The highest BCUT2D eigenvalue weighted by Gasteiger charge is 2.41. The Hall–Kier alpha value is -2.44. The summed E-state index contributed by atoms with van der Waals surface area (Å²) in [6.07, 6.45) is 1.88. The quantitative estimate of drug-likeness (QED) is 0.791. The second kappa shape index (κ2) is 7.05. The van der Waals surface area contributed by atoms with Gasteiger partial charge in [-0.05, 0) is 32.9 Å². The zero-order valence-electron chi connectivity index (χ0n) is 15.6. The molecule has 1 unspecified atom stereocenters. The molecule has 7 nitrogen and oxygen atoms in total. The normalized spacial score (nSPS) is 21.3. The average molecular weight is 358 g/mol. The molecule has 140 valence electrons. The highest BCUT2D eigenvalue weighted by Crippen LogP contribution is 2.27. The first kappa shape index (κ1) is 18.4. The standard InChI is InChI=1S/C19H26N4O3/c1-19(2,3)23-13-14(12-16(23)24)17(25)21-8-10-22(11-9-21)18(26)15-6-4-5-7-20-15/h4-7,14H,8-13H2,1-3H3. The van der Waals surface area contributed by atoms with Crippen LogP contribution in [-0.2, 0) is 9.59 Å². The number of piperazine rings is 1. The summed E-state index contributed by atoms with van der Waals surface area (Å²) < 4.78 is 0. The van der Waals surface area contributed by atoms with Gasteiger partial charge in [0.15, 0.2) is 0 Å². The summed E-state index contributed by atoms with van der Waals surface area (Å²) in [5, 5.41) is 0. The van der Waals surface area contributed by atoms with Crippen LogP contribution in [0.4, 0.5) is 0 Å². The average Bonchev–Trinajstić information content (AvgIpc) is 3.03. The molecule has 3 rings (SSSR count). The molecule has 26 heavy (non-hydrogen) atoms. The van der Waals surface area contributed by atoms with E-state index in [4.69, 9.17) is 0 Å². The van der Waals surface area contributed by atoms with Gasteiger partial charge in [-0.3, -0.25) is 19.4 Å². The van der Waals surface area contributed by atoms with Crippen molar-refractivity contribution in [2.45, 2.75) is 32.7 Å². The van der Waals surface area contributed by atoms with Crippen molar-refractivity contribution in [3.05, 3.63) is 30.1 Å². The fraction of sp³-hybridized carbons (Fsp3) is 0.579. The molecule has 2 aliphatic heterocycles. The van der Waals surface area contributed by atoms with Gasteiger partial charge in [-0.2, -0.15) is 0 Å². The maximum Gasteiger partial charge on any atom is 0.272 e. The van der Waals surface area contributed by atoms with E-state index in [2.05, 4.69) is 4.98 Å². The van der Waals surface area contributed by atoms with Gasteiger partial charge in [-0.25, -0.2) is 0 Å². The van der Waals surface area contributed by atoms with Crippen molar-refractivity contribution < 1.29 is 14.4 Å². The fourth-order valence-corrected chi connectivity index (χ4v) is 3.56. The van der Waals surface area contributed by atoms with Crippen molar-refractivity contribution in [1.82, 2.24) is 19.7 Å². The maximum atomic E-state index is 12.8. The number of nitrogens with zero attached hydrogens (tertiary/aromatic N) is 4. The molecule has 2 aliphatic rings. The Morgan fingerprint density at radius 2 is 1.73 bits per heavy atom. The van der Waals surface area contributed by atoms with E-state index in [1.165, 1.54) is 0 Å². The van der Waals surface area contributed by atoms with E-state index in [1.54, 1.807) is 39.1 Å². The number of hydrogen-bond acceptors (Lipinski definition) is 4. The monoisotopic (exact) mass is 358 g/mol. The minimum Gasteiger partial charge on any atom is -0.339 e. The zero-order valence-corrected chi connectivity index (χ0v) is 15.6. The molecule has 0 aromatic carbocycles. The van der Waals surface area contributed by atoms with E-state index in [0.717, 1.165) is 0 Å². The first-order valence-electron chi connectivity index (χ1n) is 9.07.